The average Bonchev–Trinajstić information content (AvgIpc) is 2.76. The van der Waals surface area contributed by atoms with Gasteiger partial charge in [-0.05, 0) is 31.4 Å². The van der Waals surface area contributed by atoms with Crippen molar-refractivity contribution in [1.82, 2.24) is 0 Å². The Kier molecular flexibility index (Phi) is 3.66. The van der Waals surface area contributed by atoms with E-state index in [9.17, 15) is 10.1 Å². The summed E-state index contributed by atoms with van der Waals surface area (Å²) in [4.78, 5) is 10.6. The molecular formula is C12H17N3O3. The highest BCUT2D eigenvalue weighted by molar-refractivity contribution is 5.74. The number of nitro benzene ring substituents is 1. The van der Waals surface area contributed by atoms with Gasteiger partial charge in [-0.2, -0.15) is 0 Å². The number of hydrogen-bond donors (Lipinski definition) is 2. The van der Waals surface area contributed by atoms with Crippen LogP contribution >= 0.6 is 0 Å². The minimum Gasteiger partial charge on any atom is -0.393 e. The standard InChI is InChI=1S/C12H17N3O3/c1-18-11-7-3-5-9(11)14-10-6-2-4-8(13)12(10)15(16)17/h2,4,6,9,11,14H,3,5,7,13H2,1H3. The summed E-state index contributed by atoms with van der Waals surface area (Å²) in [5.74, 6) is 0. The molecule has 1 aromatic rings. The topological polar surface area (TPSA) is 90.4 Å². The van der Waals surface area contributed by atoms with Crippen molar-refractivity contribution in [1.29, 1.82) is 0 Å². The maximum atomic E-state index is 11.0. The van der Waals surface area contributed by atoms with E-state index < -0.39 is 4.92 Å². The molecule has 18 heavy (non-hydrogen) atoms. The molecule has 1 aliphatic rings. The normalized spacial score (nSPS) is 22.9. The Morgan fingerprint density at radius 2 is 2.28 bits per heavy atom. The van der Waals surface area contributed by atoms with Crippen molar-refractivity contribution in [3.8, 4) is 0 Å². The van der Waals surface area contributed by atoms with E-state index in [1.807, 2.05) is 0 Å². The SMILES string of the molecule is COC1CCCC1Nc1cccc(N)c1[N+](=O)[O-]. The maximum absolute atomic E-state index is 11.0. The molecule has 6 heteroatoms. The predicted molar refractivity (Wildman–Crippen MR) is 69.6 cm³/mol. The number of nitrogens with zero attached hydrogens (tertiary/aromatic N) is 1. The van der Waals surface area contributed by atoms with Crippen LogP contribution in [-0.2, 0) is 4.74 Å². The van der Waals surface area contributed by atoms with Gasteiger partial charge in [-0.25, -0.2) is 0 Å². The van der Waals surface area contributed by atoms with Crippen LogP contribution in [0.1, 0.15) is 19.3 Å². The number of methoxy groups -OCH3 is 1. The fourth-order valence-corrected chi connectivity index (χ4v) is 2.45. The average molecular weight is 251 g/mol. The molecule has 0 amide bonds. The Bertz CT molecular complexity index is 450. The molecule has 2 rings (SSSR count). The minimum atomic E-state index is -0.450. The number of rotatable bonds is 4. The van der Waals surface area contributed by atoms with Crippen LogP contribution in [0.2, 0.25) is 0 Å². The number of para-hydroxylation sites is 1. The van der Waals surface area contributed by atoms with Crippen LogP contribution in [-0.4, -0.2) is 24.2 Å². The molecule has 2 atom stereocenters. The summed E-state index contributed by atoms with van der Waals surface area (Å²) in [6, 6.07) is 5.03. The molecule has 1 fully saturated rings. The highest BCUT2D eigenvalue weighted by Gasteiger charge is 2.29. The first-order valence-electron chi connectivity index (χ1n) is 5.95. The molecular weight excluding hydrogens is 234 g/mol. The minimum absolute atomic E-state index is 0.0562. The monoisotopic (exact) mass is 251 g/mol. The molecule has 0 radical (unpaired) electrons. The summed E-state index contributed by atoms with van der Waals surface area (Å²) in [5, 5.41) is 14.2. The van der Waals surface area contributed by atoms with E-state index in [1.54, 1.807) is 19.2 Å². The lowest BCUT2D eigenvalue weighted by atomic mass is 10.1. The van der Waals surface area contributed by atoms with Crippen LogP contribution in [0.5, 0.6) is 0 Å². The van der Waals surface area contributed by atoms with Gasteiger partial charge in [0, 0.05) is 7.11 Å². The number of anilines is 2. The highest BCUT2D eigenvalue weighted by atomic mass is 16.6. The zero-order valence-corrected chi connectivity index (χ0v) is 10.3. The Hall–Kier alpha value is -1.82. The fraction of sp³-hybridized carbons (Fsp3) is 0.500. The lowest BCUT2D eigenvalue weighted by Crippen LogP contribution is -2.30. The first kappa shape index (κ1) is 12.6. The largest absolute Gasteiger partial charge is 0.393 e. The fourth-order valence-electron chi connectivity index (χ4n) is 2.45. The lowest BCUT2D eigenvalue weighted by molar-refractivity contribution is -0.383. The van der Waals surface area contributed by atoms with Gasteiger partial charge in [-0.1, -0.05) is 6.07 Å². The number of benzene rings is 1. The summed E-state index contributed by atoms with van der Waals surface area (Å²) < 4.78 is 5.36. The molecule has 2 unspecified atom stereocenters. The van der Waals surface area contributed by atoms with Crippen LogP contribution in [0.3, 0.4) is 0 Å². The molecule has 98 valence electrons. The van der Waals surface area contributed by atoms with E-state index in [1.165, 1.54) is 6.07 Å². The van der Waals surface area contributed by atoms with Crippen LogP contribution in [0, 0.1) is 10.1 Å². The third-order valence-electron chi connectivity index (χ3n) is 3.35. The third kappa shape index (κ3) is 2.38. The molecule has 0 aliphatic heterocycles. The van der Waals surface area contributed by atoms with Gasteiger partial charge in [-0.15, -0.1) is 0 Å². The Morgan fingerprint density at radius 1 is 1.50 bits per heavy atom. The number of nitrogens with two attached hydrogens (primary N) is 1. The smallest absolute Gasteiger partial charge is 0.314 e. The second-order valence-electron chi connectivity index (χ2n) is 4.46. The first-order valence-corrected chi connectivity index (χ1v) is 5.95. The van der Waals surface area contributed by atoms with Gasteiger partial charge < -0.3 is 15.8 Å². The maximum Gasteiger partial charge on any atom is 0.314 e. The van der Waals surface area contributed by atoms with Crippen LogP contribution < -0.4 is 11.1 Å². The zero-order chi connectivity index (χ0) is 13.1. The van der Waals surface area contributed by atoms with Crippen molar-refractivity contribution >= 4 is 17.1 Å². The van der Waals surface area contributed by atoms with Gasteiger partial charge in [0.2, 0.25) is 0 Å². The number of nitrogens with one attached hydrogen (secondary N) is 1. The number of ether oxygens (including phenoxy) is 1. The second kappa shape index (κ2) is 5.22. The van der Waals surface area contributed by atoms with E-state index >= 15 is 0 Å². The Morgan fingerprint density at radius 3 is 2.94 bits per heavy atom. The predicted octanol–water partition coefficient (Wildman–Crippen LogP) is 2.16. The summed E-state index contributed by atoms with van der Waals surface area (Å²) in [6.45, 7) is 0. The van der Waals surface area contributed by atoms with E-state index in [0.717, 1.165) is 19.3 Å². The van der Waals surface area contributed by atoms with E-state index in [-0.39, 0.29) is 23.5 Å². The van der Waals surface area contributed by atoms with Crippen molar-refractivity contribution in [2.45, 2.75) is 31.4 Å². The molecule has 0 spiro atoms. The van der Waals surface area contributed by atoms with E-state index in [2.05, 4.69) is 5.32 Å². The lowest BCUT2D eigenvalue weighted by Gasteiger charge is -2.20. The van der Waals surface area contributed by atoms with E-state index in [0.29, 0.717) is 5.69 Å². The van der Waals surface area contributed by atoms with Gasteiger partial charge in [0.25, 0.3) is 0 Å². The quantitative estimate of drug-likeness (QED) is 0.486. The second-order valence-corrected chi connectivity index (χ2v) is 4.46. The van der Waals surface area contributed by atoms with Gasteiger partial charge in [-0.3, -0.25) is 10.1 Å². The number of hydrogen-bond acceptors (Lipinski definition) is 5. The van der Waals surface area contributed by atoms with Crippen LogP contribution in [0.4, 0.5) is 17.1 Å². The molecule has 1 saturated carbocycles. The Labute approximate surface area is 105 Å². The molecule has 0 aromatic heterocycles. The van der Waals surface area contributed by atoms with Crippen molar-refractivity contribution in [3.05, 3.63) is 28.3 Å². The zero-order valence-electron chi connectivity index (χ0n) is 10.3. The summed E-state index contributed by atoms with van der Waals surface area (Å²) in [6.07, 6.45) is 3.09. The number of nitrogen functional groups attached to an aromatic ring is 1. The molecule has 0 heterocycles. The summed E-state index contributed by atoms with van der Waals surface area (Å²) in [7, 11) is 1.67. The molecule has 6 nitrogen and oxygen atoms in total. The van der Waals surface area contributed by atoms with Crippen molar-refractivity contribution in [2.24, 2.45) is 0 Å². The van der Waals surface area contributed by atoms with Gasteiger partial charge in [0.1, 0.15) is 11.4 Å². The molecule has 0 saturated heterocycles. The van der Waals surface area contributed by atoms with Crippen LogP contribution in [0.25, 0.3) is 0 Å². The Balaban J connectivity index is 2.23. The third-order valence-corrected chi connectivity index (χ3v) is 3.35. The molecule has 3 N–H and O–H groups in total. The molecule has 1 aliphatic carbocycles. The number of nitro groups is 1. The molecule has 1 aromatic carbocycles. The van der Waals surface area contributed by atoms with Crippen molar-refractivity contribution in [2.75, 3.05) is 18.2 Å². The molecule has 0 bridgehead atoms. The van der Waals surface area contributed by atoms with E-state index in [4.69, 9.17) is 10.5 Å². The summed E-state index contributed by atoms with van der Waals surface area (Å²) in [5.41, 5.74) is 6.24. The first-order chi connectivity index (χ1) is 8.63. The highest BCUT2D eigenvalue weighted by Crippen LogP contribution is 2.33. The van der Waals surface area contributed by atoms with Gasteiger partial charge in [0.15, 0.2) is 0 Å². The van der Waals surface area contributed by atoms with Crippen molar-refractivity contribution in [3.63, 3.8) is 0 Å². The van der Waals surface area contributed by atoms with Crippen molar-refractivity contribution < 1.29 is 9.66 Å². The van der Waals surface area contributed by atoms with Gasteiger partial charge in [0.05, 0.1) is 17.1 Å². The van der Waals surface area contributed by atoms with Gasteiger partial charge >= 0.3 is 5.69 Å². The van der Waals surface area contributed by atoms with Crippen LogP contribution in [0.15, 0.2) is 18.2 Å². The summed E-state index contributed by atoms with van der Waals surface area (Å²) >= 11 is 0.